The molecular weight excluding hydrogens is 376 g/mol. The number of carbonyl (C=O) groups excluding carboxylic acids is 1. The highest BCUT2D eigenvalue weighted by Crippen LogP contribution is 2.76. The third-order valence-electron chi connectivity index (χ3n) is 12.8. The van der Waals surface area contributed by atoms with Crippen LogP contribution < -0.4 is 0 Å². The first-order chi connectivity index (χ1) is 14.2. The van der Waals surface area contributed by atoms with Gasteiger partial charge in [0.2, 0.25) is 0 Å². The third-order valence-corrected chi connectivity index (χ3v) is 12.8. The Labute approximate surface area is 192 Å². The molecule has 174 valence electrons. The van der Waals surface area contributed by atoms with Gasteiger partial charge in [0, 0.05) is 11.8 Å². The van der Waals surface area contributed by atoms with Crippen molar-refractivity contribution in [2.75, 3.05) is 0 Å². The van der Waals surface area contributed by atoms with Crippen LogP contribution in [0.3, 0.4) is 0 Å². The Bertz CT molecular complexity index is 831. The minimum atomic E-state index is -0.239. The van der Waals surface area contributed by atoms with Crippen molar-refractivity contribution in [2.24, 2.45) is 50.2 Å². The van der Waals surface area contributed by atoms with Crippen molar-refractivity contribution in [3.63, 3.8) is 0 Å². The maximum atomic E-state index is 12.8. The van der Waals surface area contributed by atoms with Crippen LogP contribution >= 0.6 is 0 Å². The highest BCUT2D eigenvalue weighted by Gasteiger charge is 2.69. The Balaban J connectivity index is 1.57. The predicted octanol–water partition coefficient (Wildman–Crippen LogP) is 8.38. The minimum Gasteiger partial charge on any atom is -0.299 e. The van der Waals surface area contributed by atoms with Crippen LogP contribution in [-0.4, -0.2) is 5.78 Å². The van der Waals surface area contributed by atoms with E-state index in [4.69, 9.17) is 0 Å². The van der Waals surface area contributed by atoms with Gasteiger partial charge in [-0.25, -0.2) is 0 Å². The Hall–Kier alpha value is -0.590. The van der Waals surface area contributed by atoms with Gasteiger partial charge in [-0.2, -0.15) is 0 Å². The van der Waals surface area contributed by atoms with Gasteiger partial charge in [-0.3, -0.25) is 4.79 Å². The average molecular weight is 425 g/mol. The zero-order valence-corrected chi connectivity index (χ0v) is 21.8. The molecule has 0 heterocycles. The van der Waals surface area contributed by atoms with Crippen molar-refractivity contribution >= 4 is 5.78 Å². The molecule has 4 saturated carbocycles. The molecule has 1 heteroatoms. The van der Waals surface area contributed by atoms with Crippen LogP contribution in [0.5, 0.6) is 0 Å². The SMILES string of the molecule is CC1(C)CC[C@]2(C)CC[C@]3(C)[C@H]4CC=C5[C@@H](CCC(=O)C5(C)C)[C@]4(C)CC[C@@]3(C)[C@H]2C1. The summed E-state index contributed by atoms with van der Waals surface area (Å²) in [5, 5.41) is 0. The van der Waals surface area contributed by atoms with Gasteiger partial charge >= 0.3 is 0 Å². The Morgan fingerprint density at radius 1 is 0.774 bits per heavy atom. The topological polar surface area (TPSA) is 17.1 Å². The predicted molar refractivity (Wildman–Crippen MR) is 130 cm³/mol. The zero-order chi connectivity index (χ0) is 22.7. The number of fused-ring (bicyclic) bond motifs is 7. The fourth-order valence-electron chi connectivity index (χ4n) is 10.3. The van der Waals surface area contributed by atoms with E-state index in [1.165, 1.54) is 56.9 Å². The molecule has 0 aliphatic heterocycles. The third kappa shape index (κ3) is 2.70. The van der Waals surface area contributed by atoms with Crippen molar-refractivity contribution < 1.29 is 4.79 Å². The van der Waals surface area contributed by atoms with Crippen LogP contribution in [0.15, 0.2) is 11.6 Å². The molecule has 0 unspecified atom stereocenters. The second-order valence-corrected chi connectivity index (χ2v) is 15.0. The maximum Gasteiger partial charge on any atom is 0.142 e. The van der Waals surface area contributed by atoms with E-state index in [2.05, 4.69) is 61.5 Å². The zero-order valence-electron chi connectivity index (χ0n) is 21.8. The molecule has 5 aliphatic rings. The molecule has 0 N–H and O–H groups in total. The molecule has 5 rings (SSSR count). The smallest absolute Gasteiger partial charge is 0.142 e. The van der Waals surface area contributed by atoms with E-state index in [1.807, 2.05) is 0 Å². The van der Waals surface area contributed by atoms with Crippen molar-refractivity contribution in [3.05, 3.63) is 11.6 Å². The largest absolute Gasteiger partial charge is 0.299 e. The maximum absolute atomic E-state index is 12.8. The lowest BCUT2D eigenvalue weighted by Crippen LogP contribution is -2.65. The summed E-state index contributed by atoms with van der Waals surface area (Å²) in [7, 11) is 0. The normalized spacial score (nSPS) is 52.8. The number of ketones is 1. The molecule has 0 saturated heterocycles. The highest BCUT2D eigenvalue weighted by atomic mass is 16.1. The Morgan fingerprint density at radius 2 is 1.39 bits per heavy atom. The lowest BCUT2D eigenvalue weighted by molar-refractivity contribution is -0.229. The van der Waals surface area contributed by atoms with Gasteiger partial charge in [0.1, 0.15) is 5.78 Å². The number of allylic oxidation sites excluding steroid dienone is 2. The van der Waals surface area contributed by atoms with Gasteiger partial charge in [-0.1, -0.05) is 53.2 Å². The molecular formula is C30H48O. The lowest BCUT2D eigenvalue weighted by atomic mass is 9.31. The van der Waals surface area contributed by atoms with E-state index in [1.54, 1.807) is 0 Å². The number of rotatable bonds is 0. The van der Waals surface area contributed by atoms with Gasteiger partial charge in [0.05, 0.1) is 0 Å². The fourth-order valence-corrected chi connectivity index (χ4v) is 10.3. The number of carbonyl (C=O) groups is 1. The summed E-state index contributed by atoms with van der Waals surface area (Å²) < 4.78 is 0. The first kappa shape index (κ1) is 22.2. The number of Topliss-reactive ketones (excluding diaryl/α,β-unsaturated/α-hetero) is 1. The summed E-state index contributed by atoms with van der Waals surface area (Å²) in [5.74, 6) is 2.73. The van der Waals surface area contributed by atoms with Gasteiger partial charge < -0.3 is 0 Å². The van der Waals surface area contributed by atoms with Crippen LogP contribution in [0.2, 0.25) is 0 Å². The van der Waals surface area contributed by atoms with E-state index in [0.717, 1.165) is 24.7 Å². The molecule has 0 aromatic heterocycles. The van der Waals surface area contributed by atoms with Gasteiger partial charge in [-0.15, -0.1) is 0 Å². The fraction of sp³-hybridized carbons (Fsp3) is 0.900. The average Bonchev–Trinajstić information content (AvgIpc) is 2.68. The molecule has 0 amide bonds. The molecule has 4 fully saturated rings. The summed E-state index contributed by atoms with van der Waals surface area (Å²) in [5.41, 5.74) is 3.56. The van der Waals surface area contributed by atoms with Crippen molar-refractivity contribution in [1.82, 2.24) is 0 Å². The van der Waals surface area contributed by atoms with E-state index in [9.17, 15) is 4.79 Å². The van der Waals surface area contributed by atoms with Crippen LogP contribution in [0.1, 0.15) is 120 Å². The van der Waals surface area contributed by atoms with Crippen molar-refractivity contribution in [3.8, 4) is 0 Å². The Morgan fingerprint density at radius 3 is 2.10 bits per heavy atom. The quantitative estimate of drug-likeness (QED) is 0.357. The van der Waals surface area contributed by atoms with Crippen molar-refractivity contribution in [1.29, 1.82) is 0 Å². The first-order valence-electron chi connectivity index (χ1n) is 13.4. The van der Waals surface area contributed by atoms with Gasteiger partial charge in [-0.05, 0) is 116 Å². The van der Waals surface area contributed by atoms with Gasteiger partial charge in [0.15, 0.2) is 0 Å². The Kier molecular flexibility index (Phi) is 4.51. The van der Waals surface area contributed by atoms with Crippen LogP contribution in [0.25, 0.3) is 0 Å². The van der Waals surface area contributed by atoms with Crippen molar-refractivity contribution in [2.45, 2.75) is 120 Å². The molecule has 0 radical (unpaired) electrons. The molecule has 0 spiro atoms. The summed E-state index contributed by atoms with van der Waals surface area (Å²) in [6, 6.07) is 0. The highest BCUT2D eigenvalue weighted by molar-refractivity contribution is 5.88. The summed E-state index contributed by atoms with van der Waals surface area (Å²) in [6.07, 6.45) is 15.5. The van der Waals surface area contributed by atoms with E-state index < -0.39 is 0 Å². The lowest BCUT2D eigenvalue weighted by Gasteiger charge is -2.73. The molecule has 0 aromatic carbocycles. The number of hydrogen-bond donors (Lipinski definition) is 0. The molecule has 1 nitrogen and oxygen atoms in total. The standard InChI is InChI=1S/C30H48O/c1-25(2)13-14-27(5)15-17-29(7)22-11-9-20-21(10-12-24(31)26(20,3)4)28(22,6)16-18-30(29,8)23(27)19-25/h9,21-23H,10-19H2,1-8H3/t21-,22+,23+,27-,28+,29-,30+/m1/s1. The summed E-state index contributed by atoms with van der Waals surface area (Å²) in [4.78, 5) is 12.8. The summed E-state index contributed by atoms with van der Waals surface area (Å²) >= 11 is 0. The molecule has 0 aromatic rings. The van der Waals surface area contributed by atoms with E-state index >= 15 is 0 Å². The van der Waals surface area contributed by atoms with E-state index in [0.29, 0.717) is 38.8 Å². The molecule has 7 atom stereocenters. The van der Waals surface area contributed by atoms with Gasteiger partial charge in [0.25, 0.3) is 0 Å². The number of hydrogen-bond acceptors (Lipinski definition) is 1. The van der Waals surface area contributed by atoms with Crippen LogP contribution in [-0.2, 0) is 4.79 Å². The minimum absolute atomic E-state index is 0.239. The molecule has 0 bridgehead atoms. The summed E-state index contributed by atoms with van der Waals surface area (Å²) in [6.45, 7) is 20.2. The van der Waals surface area contributed by atoms with Crippen LogP contribution in [0.4, 0.5) is 0 Å². The molecule has 31 heavy (non-hydrogen) atoms. The van der Waals surface area contributed by atoms with Crippen LogP contribution in [0, 0.1) is 50.2 Å². The molecule has 5 aliphatic carbocycles. The second kappa shape index (κ2) is 6.29. The monoisotopic (exact) mass is 424 g/mol. The van der Waals surface area contributed by atoms with E-state index in [-0.39, 0.29) is 5.41 Å². The second-order valence-electron chi connectivity index (χ2n) is 15.0. The first-order valence-corrected chi connectivity index (χ1v) is 13.4.